The summed E-state index contributed by atoms with van der Waals surface area (Å²) in [7, 11) is 3.80. The van der Waals surface area contributed by atoms with E-state index in [2.05, 4.69) is 4.98 Å². The first-order chi connectivity index (χ1) is 16.5. The van der Waals surface area contributed by atoms with Gasteiger partial charge in [0.15, 0.2) is 0 Å². The van der Waals surface area contributed by atoms with Gasteiger partial charge in [-0.2, -0.15) is 0 Å². The van der Waals surface area contributed by atoms with E-state index in [9.17, 15) is 14.7 Å². The van der Waals surface area contributed by atoms with Crippen LogP contribution >= 0.6 is 0 Å². The summed E-state index contributed by atoms with van der Waals surface area (Å²) in [5, 5.41) is 11.1. The molecule has 7 nitrogen and oxygen atoms in total. The van der Waals surface area contributed by atoms with Crippen LogP contribution in [0.25, 0.3) is 5.76 Å². The molecule has 3 aromatic rings. The number of ketones is 1. The third kappa shape index (κ3) is 5.00. The molecule has 1 atom stereocenters. The molecule has 0 saturated carbocycles. The van der Waals surface area contributed by atoms with Crippen molar-refractivity contribution < 1.29 is 19.4 Å². The Morgan fingerprint density at radius 3 is 2.32 bits per heavy atom. The fourth-order valence-electron chi connectivity index (χ4n) is 3.92. The first-order valence-electron chi connectivity index (χ1n) is 11.1. The number of likely N-dealkylation sites (N-methyl/N-ethyl adjacent to an activating group) is 1. The number of aliphatic hydroxyl groups is 1. The lowest BCUT2D eigenvalue weighted by atomic mass is 9.96. The highest BCUT2D eigenvalue weighted by Gasteiger charge is 2.45. The molecule has 1 saturated heterocycles. The van der Waals surface area contributed by atoms with Gasteiger partial charge in [0.2, 0.25) is 0 Å². The molecule has 1 amide bonds. The van der Waals surface area contributed by atoms with Gasteiger partial charge in [-0.15, -0.1) is 0 Å². The topological polar surface area (TPSA) is 83.0 Å². The number of benzene rings is 2. The van der Waals surface area contributed by atoms with Crippen LogP contribution in [-0.4, -0.2) is 58.8 Å². The van der Waals surface area contributed by atoms with Gasteiger partial charge < -0.3 is 19.6 Å². The van der Waals surface area contributed by atoms with E-state index in [0.29, 0.717) is 31.0 Å². The number of rotatable bonds is 8. The summed E-state index contributed by atoms with van der Waals surface area (Å²) in [5.41, 5.74) is 2.28. The van der Waals surface area contributed by atoms with Gasteiger partial charge in [-0.1, -0.05) is 30.3 Å². The molecule has 7 heteroatoms. The first-order valence-corrected chi connectivity index (χ1v) is 11.1. The Balaban J connectivity index is 1.63. The fourth-order valence-corrected chi connectivity index (χ4v) is 3.92. The summed E-state index contributed by atoms with van der Waals surface area (Å²) in [5.74, 6) is -0.879. The molecule has 0 unspecified atom stereocenters. The smallest absolute Gasteiger partial charge is 0.295 e. The lowest BCUT2D eigenvalue weighted by molar-refractivity contribution is -0.140. The molecule has 1 aliphatic heterocycles. The number of carbonyl (C=O) groups is 2. The van der Waals surface area contributed by atoms with Crippen molar-refractivity contribution in [2.24, 2.45) is 0 Å². The van der Waals surface area contributed by atoms with Gasteiger partial charge in [0.1, 0.15) is 18.1 Å². The zero-order chi connectivity index (χ0) is 24.1. The van der Waals surface area contributed by atoms with E-state index >= 15 is 0 Å². The van der Waals surface area contributed by atoms with Crippen LogP contribution < -0.4 is 4.74 Å². The summed E-state index contributed by atoms with van der Waals surface area (Å²) in [6.07, 6.45) is 3.22. The number of aromatic nitrogens is 1. The van der Waals surface area contributed by atoms with Crippen molar-refractivity contribution in [2.75, 3.05) is 27.2 Å². The third-order valence-electron chi connectivity index (χ3n) is 5.73. The molecule has 2 heterocycles. The van der Waals surface area contributed by atoms with Crippen molar-refractivity contribution in [2.45, 2.75) is 12.6 Å². The average Bonchev–Trinajstić information content (AvgIpc) is 3.12. The summed E-state index contributed by atoms with van der Waals surface area (Å²) >= 11 is 0. The number of amides is 1. The molecule has 0 bridgehead atoms. The van der Waals surface area contributed by atoms with E-state index < -0.39 is 17.7 Å². The lowest BCUT2D eigenvalue weighted by Gasteiger charge is -2.26. The first kappa shape index (κ1) is 23.2. The minimum Gasteiger partial charge on any atom is -0.507 e. The van der Waals surface area contributed by atoms with Crippen LogP contribution in [-0.2, 0) is 16.2 Å². The van der Waals surface area contributed by atoms with E-state index in [4.69, 9.17) is 4.74 Å². The molecular weight excluding hydrogens is 430 g/mol. The van der Waals surface area contributed by atoms with Crippen molar-refractivity contribution in [3.05, 3.63) is 101 Å². The molecule has 0 spiro atoms. The predicted molar refractivity (Wildman–Crippen MR) is 129 cm³/mol. The van der Waals surface area contributed by atoms with Crippen molar-refractivity contribution in [3.8, 4) is 5.75 Å². The fraction of sp³-hybridized carbons (Fsp3) is 0.222. The standard InChI is InChI=1S/C27H27N3O4/c1-29(2)16-17-30-24(20-12-14-28-15-13-20)23(26(32)27(30)33)25(31)21-8-10-22(11-9-21)34-18-19-6-4-3-5-7-19/h3-15,24,31H,16-18H2,1-2H3/b25-23-/t24-/m1/s1. The van der Waals surface area contributed by atoms with E-state index in [0.717, 1.165) is 11.1 Å². The Bertz CT molecular complexity index is 1180. The van der Waals surface area contributed by atoms with Crippen molar-refractivity contribution in [1.29, 1.82) is 0 Å². The zero-order valence-electron chi connectivity index (χ0n) is 19.2. The number of hydrogen-bond donors (Lipinski definition) is 1. The van der Waals surface area contributed by atoms with Gasteiger partial charge in [-0.3, -0.25) is 14.6 Å². The molecular formula is C27H27N3O4. The van der Waals surface area contributed by atoms with Crippen molar-refractivity contribution in [3.63, 3.8) is 0 Å². The predicted octanol–water partition coefficient (Wildman–Crippen LogP) is 3.64. The monoisotopic (exact) mass is 457 g/mol. The number of nitrogens with zero attached hydrogens (tertiary/aromatic N) is 3. The number of hydrogen-bond acceptors (Lipinski definition) is 6. The molecule has 1 N–H and O–H groups in total. The molecule has 0 radical (unpaired) electrons. The van der Waals surface area contributed by atoms with Gasteiger partial charge in [0, 0.05) is 31.0 Å². The van der Waals surface area contributed by atoms with Crippen LogP contribution in [0.1, 0.15) is 22.7 Å². The highest BCUT2D eigenvalue weighted by Crippen LogP contribution is 2.39. The third-order valence-corrected chi connectivity index (χ3v) is 5.73. The summed E-state index contributed by atoms with van der Waals surface area (Å²) in [4.78, 5) is 33.4. The molecule has 174 valence electrons. The molecule has 1 aliphatic rings. The van der Waals surface area contributed by atoms with Crippen LogP contribution in [0.4, 0.5) is 0 Å². The van der Waals surface area contributed by atoms with Crippen LogP contribution in [0, 0.1) is 0 Å². The highest BCUT2D eigenvalue weighted by molar-refractivity contribution is 6.46. The van der Waals surface area contributed by atoms with Crippen LogP contribution in [0.2, 0.25) is 0 Å². The van der Waals surface area contributed by atoms with E-state index in [1.54, 1.807) is 48.8 Å². The average molecular weight is 458 g/mol. The number of ether oxygens (including phenoxy) is 1. The minimum atomic E-state index is -0.692. The normalized spacial score (nSPS) is 17.4. The number of pyridine rings is 1. The van der Waals surface area contributed by atoms with Gasteiger partial charge in [-0.05, 0) is 61.6 Å². The second-order valence-electron chi connectivity index (χ2n) is 8.37. The molecule has 0 aliphatic carbocycles. The van der Waals surface area contributed by atoms with Crippen LogP contribution in [0.3, 0.4) is 0 Å². The molecule has 2 aromatic carbocycles. The Morgan fingerprint density at radius 2 is 1.68 bits per heavy atom. The molecule has 34 heavy (non-hydrogen) atoms. The number of likely N-dealkylation sites (tertiary alicyclic amines) is 1. The Labute approximate surface area is 198 Å². The Hall–Kier alpha value is -3.97. The van der Waals surface area contributed by atoms with Crippen LogP contribution in [0.15, 0.2) is 84.7 Å². The second-order valence-corrected chi connectivity index (χ2v) is 8.37. The Kier molecular flexibility index (Phi) is 7.04. The minimum absolute atomic E-state index is 0.0768. The van der Waals surface area contributed by atoms with Gasteiger partial charge in [0.25, 0.3) is 11.7 Å². The maximum Gasteiger partial charge on any atom is 0.295 e. The Morgan fingerprint density at radius 1 is 1.00 bits per heavy atom. The van der Waals surface area contributed by atoms with E-state index in [1.807, 2.05) is 49.3 Å². The maximum absolute atomic E-state index is 13.0. The van der Waals surface area contributed by atoms with Gasteiger partial charge >= 0.3 is 0 Å². The number of Topliss-reactive ketones (excluding diaryl/α,β-unsaturated/α-hetero) is 1. The molecule has 4 rings (SSSR count). The lowest BCUT2D eigenvalue weighted by Crippen LogP contribution is -2.35. The van der Waals surface area contributed by atoms with Crippen LogP contribution in [0.5, 0.6) is 5.75 Å². The SMILES string of the molecule is CN(C)CCN1C(=O)C(=O)/C(=C(\O)c2ccc(OCc3ccccc3)cc2)[C@H]1c1ccncc1. The molecule has 1 aromatic heterocycles. The van der Waals surface area contributed by atoms with E-state index in [1.165, 1.54) is 4.90 Å². The summed E-state index contributed by atoms with van der Waals surface area (Å²) < 4.78 is 5.81. The van der Waals surface area contributed by atoms with Crippen molar-refractivity contribution >= 4 is 17.4 Å². The maximum atomic E-state index is 13.0. The largest absolute Gasteiger partial charge is 0.507 e. The van der Waals surface area contributed by atoms with Gasteiger partial charge in [0.05, 0.1) is 11.6 Å². The van der Waals surface area contributed by atoms with E-state index in [-0.39, 0.29) is 11.3 Å². The zero-order valence-corrected chi connectivity index (χ0v) is 19.2. The van der Waals surface area contributed by atoms with Crippen molar-refractivity contribution in [1.82, 2.24) is 14.8 Å². The molecule has 1 fully saturated rings. The highest BCUT2D eigenvalue weighted by atomic mass is 16.5. The van der Waals surface area contributed by atoms with Gasteiger partial charge in [-0.25, -0.2) is 0 Å². The summed E-state index contributed by atoms with van der Waals surface area (Å²) in [6.45, 7) is 1.36. The number of aliphatic hydroxyl groups excluding tert-OH is 1. The second kappa shape index (κ2) is 10.3. The quantitative estimate of drug-likeness (QED) is 0.316. The number of carbonyl (C=O) groups excluding carboxylic acids is 2. The summed E-state index contributed by atoms with van der Waals surface area (Å²) in [6, 6.07) is 19.5.